The second-order valence-electron chi connectivity index (χ2n) is 9.34. The number of benzene rings is 1. The molecule has 2 amide bonds. The van der Waals surface area contributed by atoms with Crippen LogP contribution >= 0.6 is 27.5 Å². The van der Waals surface area contributed by atoms with Crippen molar-refractivity contribution in [2.24, 2.45) is 17.8 Å². The molecule has 1 N–H and O–H groups in total. The summed E-state index contributed by atoms with van der Waals surface area (Å²) in [6.07, 6.45) is 3.69. The third kappa shape index (κ3) is 3.35. The molecular weight excluding hydrogens is 550 g/mol. The lowest BCUT2D eigenvalue weighted by atomic mass is 9.60. The monoisotopic (exact) mass is 567 g/mol. The van der Waals surface area contributed by atoms with Gasteiger partial charge in [0.25, 0.3) is 0 Å². The summed E-state index contributed by atoms with van der Waals surface area (Å²) in [4.78, 5) is 54.7. The lowest BCUT2D eigenvalue weighted by Gasteiger charge is -2.41. The van der Waals surface area contributed by atoms with Crippen LogP contribution in [0.2, 0.25) is 5.02 Å². The summed E-state index contributed by atoms with van der Waals surface area (Å²) >= 11 is 9.20. The summed E-state index contributed by atoms with van der Waals surface area (Å²) in [5.74, 6) is -2.86. The number of anilines is 1. The maximum atomic E-state index is 13.8. The highest BCUT2D eigenvalue weighted by Gasteiger charge is 2.57. The zero-order chi connectivity index (χ0) is 25.3. The van der Waals surface area contributed by atoms with E-state index in [0.29, 0.717) is 39.8 Å². The second-order valence-corrected chi connectivity index (χ2v) is 10.6. The van der Waals surface area contributed by atoms with Gasteiger partial charge in [0.05, 0.1) is 27.9 Å². The van der Waals surface area contributed by atoms with Crippen molar-refractivity contribution in [2.45, 2.75) is 25.4 Å². The normalized spacial score (nSPS) is 27.6. The molecule has 1 saturated heterocycles. The minimum atomic E-state index is -0.680. The average molecular weight is 569 g/mol. The number of aliphatic hydroxyl groups excluding tert-OH is 1. The largest absolute Gasteiger partial charge is 0.463 e. The van der Waals surface area contributed by atoms with Gasteiger partial charge in [-0.25, -0.2) is 0 Å². The molecular formula is C27H19BrClNO6. The minimum Gasteiger partial charge on any atom is -0.463 e. The highest BCUT2D eigenvalue weighted by molar-refractivity contribution is 9.12. The number of furan rings is 1. The molecule has 0 radical (unpaired) electrons. The third-order valence-electron chi connectivity index (χ3n) is 7.54. The van der Waals surface area contributed by atoms with Crippen LogP contribution in [0, 0.1) is 17.8 Å². The Morgan fingerprint density at radius 3 is 2.47 bits per heavy atom. The Balaban J connectivity index is 1.47. The van der Waals surface area contributed by atoms with Gasteiger partial charge in [0, 0.05) is 22.2 Å². The van der Waals surface area contributed by atoms with Gasteiger partial charge in [-0.1, -0.05) is 23.3 Å². The summed E-state index contributed by atoms with van der Waals surface area (Å²) in [5.41, 5.74) is 1.90. The Morgan fingerprint density at radius 2 is 1.78 bits per heavy atom. The first-order valence-electron chi connectivity index (χ1n) is 11.5. The van der Waals surface area contributed by atoms with Gasteiger partial charge in [0.2, 0.25) is 11.8 Å². The second kappa shape index (κ2) is 8.50. The lowest BCUT2D eigenvalue weighted by molar-refractivity contribution is -0.123. The number of fused-ring (bicyclic) bond motifs is 3. The maximum Gasteiger partial charge on any atom is 0.238 e. The molecule has 3 aliphatic carbocycles. The maximum absolute atomic E-state index is 13.8. The number of carbonyl (C=O) groups excluding carboxylic acids is 4. The Bertz CT molecular complexity index is 1450. The number of Topliss-reactive ketones (excluding diaryl/α,β-unsaturated/α-hetero) is 1. The molecule has 0 saturated carbocycles. The van der Waals surface area contributed by atoms with Gasteiger partial charge in [0.15, 0.2) is 11.6 Å². The minimum absolute atomic E-state index is 0.164. The average Bonchev–Trinajstić information content (AvgIpc) is 3.44. The van der Waals surface area contributed by atoms with Gasteiger partial charge in [-0.2, -0.15) is 0 Å². The van der Waals surface area contributed by atoms with E-state index in [1.165, 1.54) is 11.0 Å². The van der Waals surface area contributed by atoms with Crippen LogP contribution in [-0.2, 0) is 25.8 Å². The smallest absolute Gasteiger partial charge is 0.238 e. The summed E-state index contributed by atoms with van der Waals surface area (Å²) in [7, 11) is 0. The van der Waals surface area contributed by atoms with Crippen LogP contribution in [0.4, 0.5) is 5.69 Å². The SMILES string of the molecule is O=C1C=C(Br)C(=O)C2=C1[C@@H](c1ccc(CO)o1)C1=CC[C@@H]3C(=O)N(c4ccc(Cl)cc4)C(=O)[C@@H]3[C@@H]1C2. The van der Waals surface area contributed by atoms with Crippen molar-refractivity contribution in [3.8, 4) is 0 Å². The van der Waals surface area contributed by atoms with Crippen LogP contribution in [0.25, 0.3) is 0 Å². The number of rotatable bonds is 3. The van der Waals surface area contributed by atoms with Crippen molar-refractivity contribution < 1.29 is 28.7 Å². The van der Waals surface area contributed by atoms with Crippen LogP contribution in [0.5, 0.6) is 0 Å². The summed E-state index contributed by atoms with van der Waals surface area (Å²) in [6, 6.07) is 9.84. The number of carbonyl (C=O) groups is 4. The van der Waals surface area contributed by atoms with Crippen molar-refractivity contribution >= 4 is 56.6 Å². The number of ketones is 2. The first-order valence-corrected chi connectivity index (χ1v) is 12.7. The van der Waals surface area contributed by atoms with Crippen molar-refractivity contribution in [1.82, 2.24) is 0 Å². The molecule has 9 heteroatoms. The fourth-order valence-electron chi connectivity index (χ4n) is 6.01. The van der Waals surface area contributed by atoms with Gasteiger partial charge in [-0.3, -0.25) is 24.1 Å². The first kappa shape index (κ1) is 23.3. The number of amides is 2. The number of aliphatic hydroxyl groups is 1. The van der Waals surface area contributed by atoms with Gasteiger partial charge >= 0.3 is 0 Å². The molecule has 4 aliphatic rings. The van der Waals surface area contributed by atoms with E-state index < -0.39 is 23.7 Å². The van der Waals surface area contributed by atoms with E-state index in [1.54, 1.807) is 36.4 Å². The molecule has 7 nitrogen and oxygen atoms in total. The van der Waals surface area contributed by atoms with E-state index in [0.717, 1.165) is 5.57 Å². The van der Waals surface area contributed by atoms with Crippen LogP contribution < -0.4 is 4.90 Å². The molecule has 0 spiro atoms. The molecule has 182 valence electrons. The molecule has 4 atom stereocenters. The number of hydrogen-bond acceptors (Lipinski definition) is 6. The van der Waals surface area contributed by atoms with Crippen LogP contribution in [0.15, 0.2) is 74.2 Å². The Kier molecular flexibility index (Phi) is 5.51. The van der Waals surface area contributed by atoms with E-state index in [9.17, 15) is 24.3 Å². The Hall–Kier alpha value is -3.07. The fraction of sp³-hybridized carbons (Fsp3) is 0.259. The molecule has 6 rings (SSSR count). The van der Waals surface area contributed by atoms with Gasteiger partial charge < -0.3 is 9.52 Å². The summed E-state index contributed by atoms with van der Waals surface area (Å²) in [5, 5.41) is 10.0. The molecule has 1 aromatic heterocycles. The zero-order valence-electron chi connectivity index (χ0n) is 18.7. The predicted molar refractivity (Wildman–Crippen MR) is 133 cm³/mol. The van der Waals surface area contributed by atoms with Crippen molar-refractivity contribution in [3.05, 3.63) is 86.3 Å². The summed E-state index contributed by atoms with van der Waals surface area (Å²) < 4.78 is 6.01. The van der Waals surface area contributed by atoms with Gasteiger partial charge in [-0.05, 0) is 71.1 Å². The number of imide groups is 1. The number of halogens is 2. The standard InChI is InChI=1S/C27H19BrClNO6/c28-19-10-20(32)23-18(25(19)33)9-17-15(24(23)21-8-5-14(11-31)36-21)6-7-16-22(17)27(35)30(26(16)34)13-3-1-12(29)2-4-13/h1-6,8,10,16-17,22,24,31H,7,9,11H2/t16-,17+,22-,24+/m0/s1. The molecule has 1 fully saturated rings. The first-order chi connectivity index (χ1) is 17.3. The quantitative estimate of drug-likeness (QED) is 0.335. The van der Waals surface area contributed by atoms with E-state index in [-0.39, 0.29) is 40.9 Å². The van der Waals surface area contributed by atoms with E-state index >= 15 is 0 Å². The predicted octanol–water partition coefficient (Wildman–Crippen LogP) is 4.39. The van der Waals surface area contributed by atoms with Crippen molar-refractivity contribution in [2.75, 3.05) is 4.90 Å². The van der Waals surface area contributed by atoms with E-state index in [4.69, 9.17) is 16.0 Å². The highest BCUT2D eigenvalue weighted by Crippen LogP contribution is 2.55. The van der Waals surface area contributed by atoms with Crippen molar-refractivity contribution in [3.63, 3.8) is 0 Å². The molecule has 1 aliphatic heterocycles. The number of nitrogens with zero attached hydrogens (tertiary/aromatic N) is 1. The van der Waals surface area contributed by atoms with Gasteiger partial charge in [0.1, 0.15) is 18.1 Å². The summed E-state index contributed by atoms with van der Waals surface area (Å²) in [6.45, 7) is -0.312. The topological polar surface area (TPSA) is 105 Å². The molecule has 1 aromatic carbocycles. The Labute approximate surface area is 219 Å². The van der Waals surface area contributed by atoms with Crippen LogP contribution in [0.3, 0.4) is 0 Å². The highest BCUT2D eigenvalue weighted by atomic mass is 79.9. The number of hydrogen-bond donors (Lipinski definition) is 1. The Morgan fingerprint density at radius 1 is 1.03 bits per heavy atom. The fourth-order valence-corrected chi connectivity index (χ4v) is 6.59. The lowest BCUT2D eigenvalue weighted by Crippen LogP contribution is -2.39. The molecule has 0 bridgehead atoms. The molecule has 2 heterocycles. The molecule has 0 unspecified atom stereocenters. The van der Waals surface area contributed by atoms with Crippen molar-refractivity contribution in [1.29, 1.82) is 0 Å². The third-order valence-corrected chi connectivity index (χ3v) is 8.38. The van der Waals surface area contributed by atoms with E-state index in [1.807, 2.05) is 6.08 Å². The van der Waals surface area contributed by atoms with Crippen LogP contribution in [-0.4, -0.2) is 28.5 Å². The molecule has 36 heavy (non-hydrogen) atoms. The van der Waals surface area contributed by atoms with Gasteiger partial charge in [-0.15, -0.1) is 0 Å². The number of allylic oxidation sites excluding steroid dienone is 6. The van der Waals surface area contributed by atoms with E-state index in [2.05, 4.69) is 15.9 Å². The zero-order valence-corrected chi connectivity index (χ0v) is 21.1. The van der Waals surface area contributed by atoms with Crippen LogP contribution in [0.1, 0.15) is 30.3 Å². The molecule has 2 aromatic rings.